The molecule has 5 aromatic carbocycles. The number of alkyl halides is 1. The van der Waals surface area contributed by atoms with E-state index in [0.29, 0.717) is 125 Å². The van der Waals surface area contributed by atoms with Crippen molar-refractivity contribution in [3.05, 3.63) is 182 Å². The van der Waals surface area contributed by atoms with E-state index < -0.39 is 28.9 Å². The van der Waals surface area contributed by atoms with Gasteiger partial charge in [-0.3, -0.25) is 24.9 Å². The maximum Gasteiger partial charge on any atom is 0.215 e. The first-order valence-electron chi connectivity index (χ1n) is 53.0. The SMILES string of the molecule is C1CC2(CC[NH2+]1)OOC1(O2)C2CC3CC(C2)CC1C3.Clc1ccc2c(Cl)ccnc2c1.Clc1ccc2c(NCCOCCBr)ccnc2c1.Clc1ccc2c(NCCOCCN3CCC4(CC3)OOC3(O4)C4CC5CC(C4)CC3C5)ccnc2c1.Clc1ccc2c(NCCOCCN3CCC4(CC3)OOC3(O4)C4CC5CC(C4)CC3C5)ccnc2c1.NCCOCCO.OCCOCCNc1ccnc2cc(Cl)ccc12.[Cl-]. The Morgan fingerprint density at radius 1 is 0.340 bits per heavy atom. The summed E-state index contributed by atoms with van der Waals surface area (Å²) < 4.78 is 47.4. The minimum atomic E-state index is -0.547. The zero-order chi connectivity index (χ0) is 101. The Morgan fingerprint density at radius 2 is 0.612 bits per heavy atom. The molecular formula is C110H141BrCl7N13O16. The van der Waals surface area contributed by atoms with Gasteiger partial charge in [-0.15, -0.1) is 0 Å². The first-order valence-corrected chi connectivity index (χ1v) is 56.4. The van der Waals surface area contributed by atoms with Crippen LogP contribution in [0.2, 0.25) is 30.1 Å². The summed E-state index contributed by atoms with van der Waals surface area (Å²) in [4.78, 5) is 62.6. The van der Waals surface area contributed by atoms with Gasteiger partial charge in [0.15, 0.2) is 0 Å². The van der Waals surface area contributed by atoms with Gasteiger partial charge < -0.3 is 103 Å². The highest BCUT2D eigenvalue weighted by Gasteiger charge is 2.70. The molecule has 12 bridgehead atoms. The van der Waals surface area contributed by atoms with Crippen LogP contribution in [0.15, 0.2) is 152 Å². The second-order valence-electron chi connectivity index (χ2n) is 41.9. The summed E-state index contributed by atoms with van der Waals surface area (Å²) in [7, 11) is 0. The third kappa shape index (κ3) is 27.1. The second-order valence-corrected chi connectivity index (χ2v) is 45.3. The van der Waals surface area contributed by atoms with Crippen LogP contribution in [0.1, 0.15) is 135 Å². The van der Waals surface area contributed by atoms with E-state index in [1.54, 1.807) is 49.2 Å². The van der Waals surface area contributed by atoms with Gasteiger partial charge in [0.25, 0.3) is 0 Å². The van der Waals surface area contributed by atoms with E-state index in [1.165, 1.54) is 96.3 Å². The molecular weight excluding hydrogens is 2090 g/mol. The third-order valence-corrected chi connectivity index (χ3v) is 34.1. The summed E-state index contributed by atoms with van der Waals surface area (Å²) in [5, 5.41) is 42.8. The maximum atomic E-state index is 8.58. The Morgan fingerprint density at radius 3 is 0.912 bits per heavy atom. The van der Waals surface area contributed by atoms with Crippen LogP contribution in [0.3, 0.4) is 0 Å². The molecule has 798 valence electrons. The van der Waals surface area contributed by atoms with Gasteiger partial charge in [0.05, 0.1) is 138 Å². The van der Waals surface area contributed by atoms with Crippen molar-refractivity contribution < 1.29 is 95.2 Å². The molecule has 10 aromatic rings. The number of ether oxygens (including phenoxy) is 8. The van der Waals surface area contributed by atoms with E-state index in [9.17, 15) is 0 Å². The van der Waals surface area contributed by atoms with Gasteiger partial charge in [0, 0.05) is 244 Å². The number of anilines is 4. The molecule has 11 heterocycles. The predicted molar refractivity (Wildman–Crippen MR) is 573 cm³/mol. The van der Waals surface area contributed by atoms with E-state index in [4.69, 9.17) is 153 Å². The summed E-state index contributed by atoms with van der Waals surface area (Å²) in [5.74, 6) is 5.93. The molecule has 18 fully saturated rings. The standard InChI is InChI=1S/2C28H36ClN3O4.C15H23NO3.C13H14BrClN2O.C13H15ClN2O2.C9H5Cl2N.C4H11NO2.ClH/c2*29-23-1-2-24-25(3-6-30-26(24)18-23)31-7-11-33-12-10-32-8-4-27(5-9-32)34-28(36-35-27)21-14-19-13-20(16-21)17-22(28)15-19;1-3-16-4-2-14(1)17-15(19-18-14)12-6-10-5-11(8-12)9-13(15)7-10;14-4-7-18-8-6-17-12-3-5-16-13-9-10(15)1-2-11(12)13;14-10-1-2-11-12(3-4-15-13(11)9-10)16-5-7-18-8-6-17;10-6-1-2-7-8(11)3-4-12-9(7)5-6;5-1-3-7-4-2-6;/h2*1-3,6,18-22H,4-5,7-17H2,(H,30,31);10-13,16H,1-9H2;1-3,5,9H,4,6-8H2,(H,16,17);1-4,9,17H,5-8H2,(H,15,16);1-5H;6H,1-5H2;1H. The highest BCUT2D eigenvalue weighted by Crippen LogP contribution is 2.67. The molecule has 5 aromatic heterocycles. The highest BCUT2D eigenvalue weighted by atomic mass is 79.9. The highest BCUT2D eigenvalue weighted by molar-refractivity contribution is 9.09. The average molecular weight is 2230 g/mol. The van der Waals surface area contributed by atoms with E-state index in [2.05, 4.69) is 77.2 Å². The van der Waals surface area contributed by atoms with E-state index in [0.717, 1.165) is 248 Å². The van der Waals surface area contributed by atoms with Crippen molar-refractivity contribution in [1.82, 2.24) is 34.7 Å². The molecule has 0 atom stereocenters. The number of aliphatic hydroxyl groups is 2. The number of piperidine rings is 3. The Kier molecular flexibility index (Phi) is 39.2. The largest absolute Gasteiger partial charge is 1.00 e. The van der Waals surface area contributed by atoms with E-state index >= 15 is 0 Å². The second kappa shape index (κ2) is 52.1. The van der Waals surface area contributed by atoms with Gasteiger partial charge in [0.2, 0.25) is 34.7 Å². The molecule has 29 nitrogen and oxygen atoms in total. The van der Waals surface area contributed by atoms with Crippen molar-refractivity contribution >= 4 is 163 Å². The van der Waals surface area contributed by atoms with Crippen LogP contribution in [0.25, 0.3) is 54.5 Å². The molecule has 6 saturated heterocycles. The molecule has 147 heavy (non-hydrogen) atoms. The molecule has 12 aliphatic carbocycles. The van der Waals surface area contributed by atoms with Crippen molar-refractivity contribution in [2.75, 3.05) is 191 Å². The number of fused-ring (bicyclic) bond motifs is 5. The van der Waals surface area contributed by atoms with E-state index in [-0.39, 0.29) is 31.4 Å². The number of pyridine rings is 5. The van der Waals surface area contributed by atoms with Crippen LogP contribution in [-0.2, 0) is 67.2 Å². The maximum absolute atomic E-state index is 8.58. The zero-order valence-electron chi connectivity index (χ0n) is 83.5. The number of halogens is 8. The number of likely N-dealkylation sites (tertiary alicyclic amines) is 2. The minimum Gasteiger partial charge on any atom is -1.00 e. The van der Waals surface area contributed by atoms with Gasteiger partial charge in [-0.2, -0.15) is 29.3 Å². The number of hydrogen-bond acceptors (Lipinski definition) is 28. The summed E-state index contributed by atoms with van der Waals surface area (Å²) in [6, 6.07) is 38.0. The molecule has 6 aliphatic heterocycles. The van der Waals surface area contributed by atoms with Gasteiger partial charge in [-0.25, -0.2) is 0 Å². The number of rotatable bonds is 30. The van der Waals surface area contributed by atoms with Crippen LogP contribution in [-0.4, -0.2) is 249 Å². The third-order valence-electron chi connectivity index (χ3n) is 32.3. The Balaban J connectivity index is 0.000000118. The van der Waals surface area contributed by atoms with Crippen molar-refractivity contribution in [1.29, 1.82) is 0 Å². The Labute approximate surface area is 905 Å². The molecule has 18 aliphatic rings. The molecule has 37 heteroatoms. The summed E-state index contributed by atoms with van der Waals surface area (Å²) in [5.41, 5.74) is 13.6. The summed E-state index contributed by atoms with van der Waals surface area (Å²) in [6.45, 7) is 17.5. The first kappa shape index (κ1) is 111. The summed E-state index contributed by atoms with van der Waals surface area (Å²) >= 11 is 39.1. The quantitative estimate of drug-likeness (QED) is 0.0118. The van der Waals surface area contributed by atoms with Crippen LogP contribution in [0.5, 0.6) is 0 Å². The number of aromatic nitrogens is 5. The molecule has 12 saturated carbocycles. The number of nitrogens with two attached hydrogens (primary N) is 2. The lowest BCUT2D eigenvalue weighted by molar-refractivity contribution is -0.674. The molecule has 28 rings (SSSR count). The van der Waals surface area contributed by atoms with Crippen molar-refractivity contribution in [2.24, 2.45) is 76.7 Å². The van der Waals surface area contributed by atoms with Crippen molar-refractivity contribution in [3.8, 4) is 0 Å². The number of quaternary nitrogens is 1. The molecule has 0 amide bonds. The number of nitrogens with zero attached hydrogens (tertiary/aromatic N) is 7. The Bertz CT molecular complexity index is 5570. The topological polar surface area (TPSA) is 331 Å². The van der Waals surface area contributed by atoms with Gasteiger partial charge in [-0.1, -0.05) is 85.5 Å². The van der Waals surface area contributed by atoms with Crippen LogP contribution >= 0.6 is 85.5 Å². The van der Waals surface area contributed by atoms with Crippen LogP contribution in [0.4, 0.5) is 22.7 Å². The first-order chi connectivity index (χ1) is 71.3. The average Bonchev–Trinajstić information content (AvgIpc) is 1.61. The fraction of sp³-hybridized carbons (Fsp3) is 0.591. The fourth-order valence-corrected chi connectivity index (χ4v) is 27.2. The number of aliphatic hydroxyl groups excluding tert-OH is 2. The molecule has 6 spiro atoms. The van der Waals surface area contributed by atoms with Crippen LogP contribution < -0.4 is 44.7 Å². The lowest BCUT2D eigenvalue weighted by atomic mass is 9.53. The lowest BCUT2D eigenvalue weighted by Crippen LogP contribution is -3.00. The van der Waals surface area contributed by atoms with Gasteiger partial charge in [-0.05, 0) is 253 Å². The number of benzene rings is 5. The van der Waals surface area contributed by atoms with Gasteiger partial charge in [0.1, 0.15) is 0 Å². The summed E-state index contributed by atoms with van der Waals surface area (Å²) in [6.07, 6.45) is 33.8. The van der Waals surface area contributed by atoms with Crippen molar-refractivity contribution in [3.63, 3.8) is 0 Å². The van der Waals surface area contributed by atoms with Crippen molar-refractivity contribution in [2.45, 2.75) is 170 Å². The smallest absolute Gasteiger partial charge is 0.215 e. The Hall–Kier alpha value is -5.94. The monoisotopic (exact) mass is 2220 g/mol. The van der Waals surface area contributed by atoms with Crippen LogP contribution in [0, 0.1) is 71.0 Å². The lowest BCUT2D eigenvalue weighted by Gasteiger charge is -2.57. The normalized spacial score (nSPS) is 28.0. The number of nitrogens with one attached hydrogen (secondary N) is 4. The molecule has 10 N–H and O–H groups in total. The zero-order valence-corrected chi connectivity index (χ0v) is 90.4. The van der Waals surface area contributed by atoms with E-state index in [1.807, 2.05) is 103 Å². The fourth-order valence-electron chi connectivity index (χ4n) is 25.9. The molecule has 0 radical (unpaired) electrons. The number of hydrogen-bond donors (Lipinski definition) is 8. The molecule has 0 unspecified atom stereocenters. The minimum absolute atomic E-state index is 0. The predicted octanol–water partition coefficient (Wildman–Crippen LogP) is 17.2. The van der Waals surface area contributed by atoms with Gasteiger partial charge >= 0.3 is 0 Å².